The number of hydrogen-bond donors (Lipinski definition) is 2. The first-order valence-corrected chi connectivity index (χ1v) is 8.37. The topological polar surface area (TPSA) is 94.9 Å². The van der Waals surface area contributed by atoms with E-state index in [1.54, 1.807) is 24.3 Å². The summed E-state index contributed by atoms with van der Waals surface area (Å²) >= 11 is 5.70. The second kappa shape index (κ2) is 8.29. The Labute approximate surface area is 164 Å². The fourth-order valence-corrected chi connectivity index (χ4v) is 2.53. The number of carbonyl (C=O) groups is 2. The Hall–Kier alpha value is -3.76. The molecule has 0 atom stereocenters. The Kier molecular flexibility index (Phi) is 5.63. The molecule has 0 aliphatic rings. The predicted octanol–water partition coefficient (Wildman–Crippen LogP) is 4.25. The number of halogens is 2. The minimum Gasteiger partial charge on any atom is -0.322 e. The zero-order valence-corrected chi connectivity index (χ0v) is 15.0. The normalized spacial score (nSPS) is 10.0. The molecule has 0 saturated carbocycles. The Morgan fingerprint density at radius 3 is 2.36 bits per heavy atom. The fourth-order valence-electron chi connectivity index (χ4n) is 2.35. The summed E-state index contributed by atoms with van der Waals surface area (Å²) in [6.07, 6.45) is 2.59. The zero-order chi connectivity index (χ0) is 20.1. The minimum atomic E-state index is -0.599. The molecule has 0 aliphatic heterocycles. The van der Waals surface area contributed by atoms with E-state index >= 15 is 0 Å². The number of hydrogen-bond acceptors (Lipinski definition) is 4. The SMILES string of the molecule is N#Cc1ccccc1NC(=O)c1cncc(C(=O)Nc2ccc(F)c(Cl)c2)c1. The van der Waals surface area contributed by atoms with Gasteiger partial charge in [0.15, 0.2) is 0 Å². The van der Waals surface area contributed by atoms with Crippen molar-refractivity contribution in [3.63, 3.8) is 0 Å². The molecule has 3 rings (SSSR count). The lowest BCUT2D eigenvalue weighted by Crippen LogP contribution is -2.16. The van der Waals surface area contributed by atoms with E-state index < -0.39 is 17.6 Å². The van der Waals surface area contributed by atoms with E-state index in [9.17, 15) is 14.0 Å². The van der Waals surface area contributed by atoms with Crippen LogP contribution in [-0.4, -0.2) is 16.8 Å². The summed E-state index contributed by atoms with van der Waals surface area (Å²) in [5, 5.41) is 14.1. The molecule has 28 heavy (non-hydrogen) atoms. The van der Waals surface area contributed by atoms with Crippen LogP contribution in [0.25, 0.3) is 0 Å². The fraction of sp³-hybridized carbons (Fsp3) is 0. The van der Waals surface area contributed by atoms with E-state index in [0.717, 1.165) is 6.07 Å². The zero-order valence-electron chi connectivity index (χ0n) is 14.2. The first-order chi connectivity index (χ1) is 13.5. The molecule has 3 aromatic rings. The van der Waals surface area contributed by atoms with Crippen LogP contribution in [0.5, 0.6) is 0 Å². The highest BCUT2D eigenvalue weighted by Gasteiger charge is 2.14. The summed E-state index contributed by atoms with van der Waals surface area (Å²) in [5.41, 5.74) is 1.23. The maximum Gasteiger partial charge on any atom is 0.257 e. The molecule has 138 valence electrons. The third kappa shape index (κ3) is 4.31. The summed E-state index contributed by atoms with van der Waals surface area (Å²) in [5.74, 6) is -1.66. The maximum atomic E-state index is 13.2. The molecular formula is C20H12ClFN4O2. The van der Waals surface area contributed by atoms with Crippen molar-refractivity contribution in [2.75, 3.05) is 10.6 Å². The molecule has 2 amide bonds. The predicted molar refractivity (Wildman–Crippen MR) is 103 cm³/mol. The molecule has 0 unspecified atom stereocenters. The molecule has 1 aromatic heterocycles. The Bertz CT molecular complexity index is 1110. The Morgan fingerprint density at radius 1 is 1.00 bits per heavy atom. The average molecular weight is 395 g/mol. The van der Waals surface area contributed by atoms with Gasteiger partial charge in [0, 0.05) is 18.1 Å². The van der Waals surface area contributed by atoms with Crippen LogP contribution in [0.1, 0.15) is 26.3 Å². The van der Waals surface area contributed by atoms with Crippen molar-refractivity contribution in [1.82, 2.24) is 4.98 Å². The van der Waals surface area contributed by atoms with Crippen molar-refractivity contribution < 1.29 is 14.0 Å². The third-order valence-electron chi connectivity index (χ3n) is 3.74. The maximum absolute atomic E-state index is 13.2. The van der Waals surface area contributed by atoms with Crippen molar-refractivity contribution in [3.05, 3.63) is 88.5 Å². The number of nitriles is 1. The molecule has 6 nitrogen and oxygen atoms in total. The highest BCUT2D eigenvalue weighted by molar-refractivity contribution is 6.31. The molecular weight excluding hydrogens is 383 g/mol. The van der Waals surface area contributed by atoms with Crippen molar-refractivity contribution in [3.8, 4) is 6.07 Å². The molecule has 0 aliphatic carbocycles. The van der Waals surface area contributed by atoms with Gasteiger partial charge in [0.1, 0.15) is 11.9 Å². The summed E-state index contributed by atoms with van der Waals surface area (Å²) in [7, 11) is 0. The number of benzene rings is 2. The third-order valence-corrected chi connectivity index (χ3v) is 4.03. The molecule has 2 N–H and O–H groups in total. The number of amides is 2. The van der Waals surface area contributed by atoms with Gasteiger partial charge < -0.3 is 10.6 Å². The minimum absolute atomic E-state index is 0.125. The van der Waals surface area contributed by atoms with Gasteiger partial charge in [0.25, 0.3) is 11.8 Å². The van der Waals surface area contributed by atoms with Crippen LogP contribution in [0.4, 0.5) is 15.8 Å². The van der Waals surface area contributed by atoms with Crippen LogP contribution in [-0.2, 0) is 0 Å². The second-order valence-electron chi connectivity index (χ2n) is 5.66. The number of para-hydroxylation sites is 1. The lowest BCUT2D eigenvalue weighted by atomic mass is 10.1. The number of anilines is 2. The summed E-state index contributed by atoms with van der Waals surface area (Å²) in [4.78, 5) is 28.7. The molecule has 2 aromatic carbocycles. The van der Waals surface area contributed by atoms with Gasteiger partial charge in [-0.05, 0) is 36.4 Å². The van der Waals surface area contributed by atoms with Crippen LogP contribution >= 0.6 is 11.6 Å². The molecule has 0 spiro atoms. The smallest absolute Gasteiger partial charge is 0.257 e. The van der Waals surface area contributed by atoms with Gasteiger partial charge in [0.2, 0.25) is 0 Å². The first-order valence-electron chi connectivity index (χ1n) is 8.00. The lowest BCUT2D eigenvalue weighted by Gasteiger charge is -2.09. The number of nitrogens with one attached hydrogen (secondary N) is 2. The number of nitrogens with zero attached hydrogens (tertiary/aromatic N) is 2. The Balaban J connectivity index is 1.77. The average Bonchev–Trinajstić information content (AvgIpc) is 2.71. The van der Waals surface area contributed by atoms with Gasteiger partial charge in [-0.1, -0.05) is 23.7 Å². The van der Waals surface area contributed by atoms with Crippen molar-refractivity contribution >= 4 is 34.8 Å². The van der Waals surface area contributed by atoms with E-state index in [1.807, 2.05) is 6.07 Å². The van der Waals surface area contributed by atoms with Crippen LogP contribution in [0, 0.1) is 17.1 Å². The van der Waals surface area contributed by atoms with Crippen LogP contribution < -0.4 is 10.6 Å². The molecule has 8 heteroatoms. The highest BCUT2D eigenvalue weighted by atomic mass is 35.5. The van der Waals surface area contributed by atoms with Gasteiger partial charge in [-0.15, -0.1) is 0 Å². The number of carbonyl (C=O) groups excluding carboxylic acids is 2. The van der Waals surface area contributed by atoms with Crippen LogP contribution in [0.15, 0.2) is 60.9 Å². The number of rotatable bonds is 4. The van der Waals surface area contributed by atoms with Gasteiger partial charge in [0.05, 0.1) is 27.4 Å². The molecule has 0 fully saturated rings. The second-order valence-corrected chi connectivity index (χ2v) is 6.06. The molecule has 0 radical (unpaired) electrons. The lowest BCUT2D eigenvalue weighted by molar-refractivity contribution is 0.102. The van der Waals surface area contributed by atoms with E-state index in [4.69, 9.17) is 16.9 Å². The van der Waals surface area contributed by atoms with Gasteiger partial charge in [-0.2, -0.15) is 5.26 Å². The van der Waals surface area contributed by atoms with Crippen molar-refractivity contribution in [1.29, 1.82) is 5.26 Å². The van der Waals surface area contributed by atoms with Gasteiger partial charge in [-0.25, -0.2) is 4.39 Å². The van der Waals surface area contributed by atoms with E-state index in [0.29, 0.717) is 16.9 Å². The van der Waals surface area contributed by atoms with E-state index in [-0.39, 0.29) is 16.1 Å². The summed E-state index contributed by atoms with van der Waals surface area (Å²) in [6, 6.07) is 13.7. The Morgan fingerprint density at radius 2 is 1.68 bits per heavy atom. The van der Waals surface area contributed by atoms with Gasteiger partial charge in [-0.3, -0.25) is 14.6 Å². The van der Waals surface area contributed by atoms with Crippen LogP contribution in [0.2, 0.25) is 5.02 Å². The monoisotopic (exact) mass is 394 g/mol. The highest BCUT2D eigenvalue weighted by Crippen LogP contribution is 2.20. The van der Waals surface area contributed by atoms with Crippen LogP contribution in [0.3, 0.4) is 0 Å². The largest absolute Gasteiger partial charge is 0.322 e. The van der Waals surface area contributed by atoms with E-state index in [1.165, 1.54) is 30.6 Å². The first kappa shape index (κ1) is 19.0. The van der Waals surface area contributed by atoms with E-state index in [2.05, 4.69) is 15.6 Å². The standard InChI is InChI=1S/C20H12ClFN4O2/c21-16-8-15(5-6-17(16)22)25-19(27)13-7-14(11-24-10-13)20(28)26-18-4-2-1-3-12(18)9-23/h1-8,10-11H,(H,25,27)(H,26,28). The van der Waals surface area contributed by atoms with Crippen molar-refractivity contribution in [2.24, 2.45) is 0 Å². The summed E-state index contributed by atoms with van der Waals surface area (Å²) < 4.78 is 13.2. The molecule has 0 saturated heterocycles. The quantitative estimate of drug-likeness (QED) is 0.691. The summed E-state index contributed by atoms with van der Waals surface area (Å²) in [6.45, 7) is 0. The molecule has 1 heterocycles. The van der Waals surface area contributed by atoms with Crippen molar-refractivity contribution in [2.45, 2.75) is 0 Å². The number of pyridine rings is 1. The number of aromatic nitrogens is 1. The molecule has 0 bridgehead atoms. The van der Waals surface area contributed by atoms with Gasteiger partial charge >= 0.3 is 0 Å².